The Morgan fingerprint density at radius 1 is 0.923 bits per heavy atom. The summed E-state index contributed by atoms with van der Waals surface area (Å²) in [6.45, 7) is 0. The largest absolute Gasteiger partial charge is 0.504 e. The van der Waals surface area contributed by atoms with Gasteiger partial charge in [-0.25, -0.2) is 0 Å². The van der Waals surface area contributed by atoms with Crippen molar-refractivity contribution in [1.29, 1.82) is 0 Å². The fourth-order valence-electron chi connectivity index (χ4n) is 3.13. The van der Waals surface area contributed by atoms with Crippen molar-refractivity contribution in [2.45, 2.75) is 12.5 Å². The Balaban J connectivity index is 2.00. The van der Waals surface area contributed by atoms with Gasteiger partial charge in [0.1, 0.15) is 0 Å². The average molecular weight is 359 g/mol. The molecule has 1 heterocycles. The van der Waals surface area contributed by atoms with Gasteiger partial charge in [0.05, 0.1) is 46.6 Å². The number of amides is 1. The standard InChI is InChI=1S/C19H21NO6/c1-23-15-6-5-11(7-14(15)21)13-10-18(22)20(13)12-8-16(24-2)19(26-4)17(9-12)25-3/h5-9,13,21H,10H2,1-4H3/t13-/m1/s1. The molecule has 7 heteroatoms. The van der Waals surface area contributed by atoms with Gasteiger partial charge < -0.3 is 29.0 Å². The highest BCUT2D eigenvalue weighted by Crippen LogP contribution is 2.46. The highest BCUT2D eigenvalue weighted by molar-refractivity contribution is 6.01. The Hall–Kier alpha value is -3.09. The molecule has 1 aliphatic heterocycles. The van der Waals surface area contributed by atoms with Crippen LogP contribution in [0.2, 0.25) is 0 Å². The van der Waals surface area contributed by atoms with Gasteiger partial charge in [0.15, 0.2) is 23.0 Å². The van der Waals surface area contributed by atoms with Crippen molar-refractivity contribution < 1.29 is 28.8 Å². The van der Waals surface area contributed by atoms with Gasteiger partial charge in [-0.1, -0.05) is 6.07 Å². The summed E-state index contributed by atoms with van der Waals surface area (Å²) in [7, 11) is 6.07. The SMILES string of the molecule is COc1ccc([C@H]2CC(=O)N2c2cc(OC)c(OC)c(OC)c2)cc1O. The summed E-state index contributed by atoms with van der Waals surface area (Å²) in [5, 5.41) is 10.0. The van der Waals surface area contributed by atoms with E-state index in [-0.39, 0.29) is 17.7 Å². The maximum absolute atomic E-state index is 12.3. The number of β-lactam (4-membered cyclic amide) rings is 1. The van der Waals surface area contributed by atoms with E-state index in [9.17, 15) is 9.90 Å². The summed E-state index contributed by atoms with van der Waals surface area (Å²) in [5.41, 5.74) is 1.45. The molecular weight excluding hydrogens is 338 g/mol. The number of methoxy groups -OCH3 is 4. The molecule has 2 aromatic carbocycles. The number of hydrogen-bond donors (Lipinski definition) is 1. The summed E-state index contributed by atoms with van der Waals surface area (Å²) in [4.78, 5) is 13.9. The van der Waals surface area contributed by atoms with Crippen LogP contribution in [0.25, 0.3) is 0 Å². The molecule has 1 amide bonds. The van der Waals surface area contributed by atoms with Crippen molar-refractivity contribution >= 4 is 11.6 Å². The minimum Gasteiger partial charge on any atom is -0.504 e. The zero-order valence-electron chi connectivity index (χ0n) is 15.1. The smallest absolute Gasteiger partial charge is 0.230 e. The van der Waals surface area contributed by atoms with E-state index >= 15 is 0 Å². The lowest BCUT2D eigenvalue weighted by atomic mass is 9.92. The third-order valence-electron chi connectivity index (χ3n) is 4.46. The molecule has 2 aromatic rings. The number of phenolic OH excluding ortho intramolecular Hbond substituents is 1. The number of phenols is 1. The molecule has 0 aromatic heterocycles. The first-order chi connectivity index (χ1) is 12.5. The molecule has 3 rings (SSSR count). The van der Waals surface area contributed by atoms with Crippen LogP contribution in [0, 0.1) is 0 Å². The number of benzene rings is 2. The Morgan fingerprint density at radius 2 is 1.54 bits per heavy atom. The van der Waals surface area contributed by atoms with Crippen LogP contribution >= 0.6 is 0 Å². The first-order valence-electron chi connectivity index (χ1n) is 8.03. The molecule has 138 valence electrons. The number of nitrogens with zero attached hydrogens (tertiary/aromatic N) is 1. The van der Waals surface area contributed by atoms with E-state index in [1.54, 1.807) is 29.2 Å². The van der Waals surface area contributed by atoms with E-state index in [1.807, 2.05) is 6.07 Å². The molecule has 0 spiro atoms. The monoisotopic (exact) mass is 359 g/mol. The zero-order chi connectivity index (χ0) is 18.8. The van der Waals surface area contributed by atoms with Gasteiger partial charge in [-0.2, -0.15) is 0 Å². The molecule has 1 fully saturated rings. The fraction of sp³-hybridized carbons (Fsp3) is 0.316. The molecule has 7 nitrogen and oxygen atoms in total. The molecule has 1 N–H and O–H groups in total. The summed E-state index contributed by atoms with van der Waals surface area (Å²) in [6, 6.07) is 8.40. The zero-order valence-corrected chi connectivity index (χ0v) is 15.1. The number of anilines is 1. The number of carbonyl (C=O) groups is 1. The second kappa shape index (κ2) is 7.03. The van der Waals surface area contributed by atoms with Crippen molar-refractivity contribution in [3.63, 3.8) is 0 Å². The number of rotatable bonds is 6. The van der Waals surface area contributed by atoms with Crippen LogP contribution in [0.4, 0.5) is 5.69 Å². The Labute approximate surface area is 151 Å². The van der Waals surface area contributed by atoms with Crippen LogP contribution in [0.3, 0.4) is 0 Å². The first-order valence-corrected chi connectivity index (χ1v) is 8.03. The number of aromatic hydroxyl groups is 1. The van der Waals surface area contributed by atoms with Gasteiger partial charge >= 0.3 is 0 Å². The lowest BCUT2D eigenvalue weighted by molar-refractivity contribution is -0.124. The van der Waals surface area contributed by atoms with E-state index in [0.29, 0.717) is 35.1 Å². The Kier molecular flexibility index (Phi) is 4.79. The van der Waals surface area contributed by atoms with Gasteiger partial charge in [-0.05, 0) is 17.7 Å². The van der Waals surface area contributed by atoms with Gasteiger partial charge in [-0.15, -0.1) is 0 Å². The van der Waals surface area contributed by atoms with Crippen LogP contribution in [-0.2, 0) is 4.79 Å². The fourth-order valence-corrected chi connectivity index (χ4v) is 3.13. The van der Waals surface area contributed by atoms with Crippen molar-refractivity contribution in [3.05, 3.63) is 35.9 Å². The molecule has 1 atom stereocenters. The highest BCUT2D eigenvalue weighted by Gasteiger charge is 2.39. The molecular formula is C19H21NO6. The predicted octanol–water partition coefficient (Wildman–Crippen LogP) is 2.90. The maximum Gasteiger partial charge on any atom is 0.230 e. The molecule has 0 bridgehead atoms. The molecule has 1 saturated heterocycles. The summed E-state index contributed by atoms with van der Waals surface area (Å²) < 4.78 is 21.1. The molecule has 1 aliphatic rings. The van der Waals surface area contributed by atoms with E-state index in [2.05, 4.69) is 0 Å². The minimum absolute atomic E-state index is 0.0282. The van der Waals surface area contributed by atoms with Crippen LogP contribution in [0.15, 0.2) is 30.3 Å². The highest BCUT2D eigenvalue weighted by atomic mass is 16.5. The molecule has 26 heavy (non-hydrogen) atoms. The normalized spacial score (nSPS) is 16.1. The third-order valence-corrected chi connectivity index (χ3v) is 4.46. The Bertz CT molecular complexity index is 810. The van der Waals surface area contributed by atoms with Crippen molar-refractivity contribution in [3.8, 4) is 28.7 Å². The number of hydrogen-bond acceptors (Lipinski definition) is 6. The predicted molar refractivity (Wildman–Crippen MR) is 95.6 cm³/mol. The molecule has 0 aliphatic carbocycles. The van der Waals surface area contributed by atoms with Crippen LogP contribution in [0.5, 0.6) is 28.7 Å². The number of ether oxygens (including phenoxy) is 4. The van der Waals surface area contributed by atoms with E-state index in [1.165, 1.54) is 28.4 Å². The van der Waals surface area contributed by atoms with Crippen LogP contribution < -0.4 is 23.8 Å². The van der Waals surface area contributed by atoms with Crippen molar-refractivity contribution in [2.24, 2.45) is 0 Å². The van der Waals surface area contributed by atoms with E-state index in [0.717, 1.165) is 5.56 Å². The van der Waals surface area contributed by atoms with Gasteiger partial charge in [0.2, 0.25) is 11.7 Å². The lowest BCUT2D eigenvalue weighted by Crippen LogP contribution is -2.46. The number of carbonyl (C=O) groups excluding carboxylic acids is 1. The summed E-state index contributed by atoms with van der Waals surface area (Å²) >= 11 is 0. The van der Waals surface area contributed by atoms with Crippen LogP contribution in [-0.4, -0.2) is 39.5 Å². The van der Waals surface area contributed by atoms with Crippen LogP contribution in [0.1, 0.15) is 18.0 Å². The maximum atomic E-state index is 12.3. The van der Waals surface area contributed by atoms with Gasteiger partial charge in [-0.3, -0.25) is 4.79 Å². The topological polar surface area (TPSA) is 77.5 Å². The summed E-state index contributed by atoms with van der Waals surface area (Å²) in [6.07, 6.45) is 0.350. The second-order valence-electron chi connectivity index (χ2n) is 5.80. The Morgan fingerprint density at radius 3 is 2.00 bits per heavy atom. The molecule has 0 unspecified atom stereocenters. The molecule has 0 saturated carbocycles. The third kappa shape index (κ3) is 2.85. The average Bonchev–Trinajstić information content (AvgIpc) is 2.64. The van der Waals surface area contributed by atoms with Gasteiger partial charge in [0.25, 0.3) is 0 Å². The first kappa shape index (κ1) is 17.7. The minimum atomic E-state index is -0.192. The lowest BCUT2D eigenvalue weighted by Gasteiger charge is -2.41. The van der Waals surface area contributed by atoms with E-state index < -0.39 is 0 Å². The quantitative estimate of drug-likeness (QED) is 0.799. The summed E-state index contributed by atoms with van der Waals surface area (Å²) in [5.74, 6) is 1.80. The van der Waals surface area contributed by atoms with E-state index in [4.69, 9.17) is 18.9 Å². The van der Waals surface area contributed by atoms with Crippen molar-refractivity contribution in [1.82, 2.24) is 0 Å². The van der Waals surface area contributed by atoms with Crippen molar-refractivity contribution in [2.75, 3.05) is 33.3 Å². The second-order valence-corrected chi connectivity index (χ2v) is 5.80. The molecule has 0 radical (unpaired) electrons. The van der Waals surface area contributed by atoms with Gasteiger partial charge in [0, 0.05) is 12.1 Å².